The Morgan fingerprint density at radius 2 is 1.95 bits per heavy atom. The molecular formula is C32H42N6O2. The number of nitrogens with two attached hydrogens (primary N) is 1. The fourth-order valence-electron chi connectivity index (χ4n) is 5.40. The lowest BCUT2D eigenvalue weighted by Crippen LogP contribution is -2.37. The minimum Gasteiger partial charge on any atom is -0.366 e. The summed E-state index contributed by atoms with van der Waals surface area (Å²) in [5.41, 5.74) is 11.8. The maximum atomic E-state index is 12.1. The van der Waals surface area contributed by atoms with Crippen LogP contribution in [0.15, 0.2) is 76.8 Å². The molecule has 0 bridgehead atoms. The van der Waals surface area contributed by atoms with Crippen LogP contribution in [-0.2, 0) is 6.54 Å². The van der Waals surface area contributed by atoms with Crippen molar-refractivity contribution in [1.29, 1.82) is 0 Å². The second-order valence-corrected chi connectivity index (χ2v) is 10.5. The van der Waals surface area contributed by atoms with Crippen LogP contribution in [0.25, 0.3) is 16.7 Å². The van der Waals surface area contributed by atoms with Gasteiger partial charge in [0.2, 0.25) is 5.91 Å². The Kier molecular flexibility index (Phi) is 9.93. The number of fused-ring (bicyclic) bond motifs is 1. The van der Waals surface area contributed by atoms with E-state index in [4.69, 9.17) is 10.7 Å². The number of carbonyl (C=O) groups excluding carboxylic acids is 1. The highest BCUT2D eigenvalue weighted by Crippen LogP contribution is 2.27. The van der Waals surface area contributed by atoms with Gasteiger partial charge in [0.05, 0.1) is 12.1 Å². The number of allylic oxidation sites excluding steroid dienone is 1. The largest absolute Gasteiger partial charge is 0.366 e. The van der Waals surface area contributed by atoms with Crippen LogP contribution in [0.3, 0.4) is 0 Å². The number of rotatable bonds is 11. The Balaban J connectivity index is 1.70. The van der Waals surface area contributed by atoms with Gasteiger partial charge in [-0.25, -0.2) is 0 Å². The number of nitrogens with one attached hydrogen (secondary N) is 1. The number of hydrogen-bond acceptors (Lipinski definition) is 5. The van der Waals surface area contributed by atoms with Crippen LogP contribution in [0.5, 0.6) is 0 Å². The SMILES string of the molecule is CC/C=C(/NC(=NCc1ccccc1)C1=C(C)CN(CCCN(C)O)CC1)n1c(C)cc2c(C(N)=O)cccc21. The zero-order valence-electron chi connectivity index (χ0n) is 24.2. The lowest BCUT2D eigenvalue weighted by molar-refractivity contribution is -0.0664. The van der Waals surface area contributed by atoms with Crippen molar-refractivity contribution in [3.05, 3.63) is 88.6 Å². The van der Waals surface area contributed by atoms with Gasteiger partial charge >= 0.3 is 0 Å². The molecule has 4 N–H and O–H groups in total. The van der Waals surface area contributed by atoms with Gasteiger partial charge in [-0.05, 0) is 75.1 Å². The van der Waals surface area contributed by atoms with E-state index in [1.165, 1.54) is 16.2 Å². The van der Waals surface area contributed by atoms with Crippen molar-refractivity contribution in [3.8, 4) is 0 Å². The van der Waals surface area contributed by atoms with E-state index in [0.29, 0.717) is 18.7 Å². The molecule has 2 aromatic carbocycles. The smallest absolute Gasteiger partial charge is 0.249 e. The molecule has 0 atom stereocenters. The van der Waals surface area contributed by atoms with Crippen LogP contribution in [0.4, 0.5) is 0 Å². The number of aromatic nitrogens is 1. The molecule has 2 heterocycles. The molecule has 0 saturated carbocycles. The number of amides is 1. The first-order valence-electron chi connectivity index (χ1n) is 14.1. The molecule has 0 spiro atoms. The molecule has 1 amide bonds. The Morgan fingerprint density at radius 1 is 1.18 bits per heavy atom. The molecule has 0 saturated heterocycles. The highest BCUT2D eigenvalue weighted by molar-refractivity contribution is 6.07. The number of benzene rings is 2. The van der Waals surface area contributed by atoms with Gasteiger partial charge in [0.15, 0.2) is 0 Å². The number of aliphatic imine (C=N–C) groups is 1. The molecule has 1 aliphatic heterocycles. The van der Waals surface area contributed by atoms with E-state index < -0.39 is 5.91 Å². The molecule has 40 heavy (non-hydrogen) atoms. The number of hydrogen-bond donors (Lipinski definition) is 3. The molecule has 8 heteroatoms. The van der Waals surface area contributed by atoms with E-state index in [1.54, 1.807) is 13.1 Å². The Bertz CT molecular complexity index is 1420. The molecule has 212 valence electrons. The lowest BCUT2D eigenvalue weighted by Gasteiger charge is -2.31. The molecule has 3 aromatic rings. The van der Waals surface area contributed by atoms with Crippen LogP contribution in [0.2, 0.25) is 0 Å². The second-order valence-electron chi connectivity index (χ2n) is 10.5. The summed E-state index contributed by atoms with van der Waals surface area (Å²) in [6.07, 6.45) is 4.80. The molecule has 0 aliphatic carbocycles. The maximum Gasteiger partial charge on any atom is 0.249 e. The summed E-state index contributed by atoms with van der Waals surface area (Å²) in [5, 5.41) is 15.3. The Labute approximate surface area is 237 Å². The van der Waals surface area contributed by atoms with Crippen LogP contribution in [0, 0.1) is 6.92 Å². The van der Waals surface area contributed by atoms with Crippen molar-refractivity contribution in [2.24, 2.45) is 10.7 Å². The van der Waals surface area contributed by atoms with Crippen molar-refractivity contribution in [3.63, 3.8) is 0 Å². The van der Waals surface area contributed by atoms with Gasteiger partial charge in [0.1, 0.15) is 11.7 Å². The molecule has 4 rings (SSSR count). The highest BCUT2D eigenvalue weighted by atomic mass is 16.5. The normalized spacial score (nSPS) is 15.3. The summed E-state index contributed by atoms with van der Waals surface area (Å²) in [5.74, 6) is 1.36. The van der Waals surface area contributed by atoms with E-state index in [1.807, 2.05) is 43.3 Å². The third-order valence-corrected chi connectivity index (χ3v) is 7.34. The van der Waals surface area contributed by atoms with Crippen molar-refractivity contribution in [2.45, 2.75) is 46.6 Å². The van der Waals surface area contributed by atoms with Crippen LogP contribution < -0.4 is 11.1 Å². The van der Waals surface area contributed by atoms with Crippen LogP contribution >= 0.6 is 0 Å². The summed E-state index contributed by atoms with van der Waals surface area (Å²) >= 11 is 0. The Hall–Kier alpha value is -3.72. The topological polar surface area (TPSA) is 99.1 Å². The van der Waals surface area contributed by atoms with Gasteiger partial charge in [-0.15, -0.1) is 0 Å². The predicted molar refractivity (Wildman–Crippen MR) is 163 cm³/mol. The number of nitrogens with zero attached hydrogens (tertiary/aromatic N) is 4. The summed E-state index contributed by atoms with van der Waals surface area (Å²) in [7, 11) is 1.69. The highest BCUT2D eigenvalue weighted by Gasteiger charge is 2.22. The third-order valence-electron chi connectivity index (χ3n) is 7.34. The number of aryl methyl sites for hydroxylation is 1. The number of primary amides is 1. The summed E-state index contributed by atoms with van der Waals surface area (Å²) in [4.78, 5) is 19.7. The molecule has 0 unspecified atom stereocenters. The Morgan fingerprint density at radius 3 is 2.62 bits per heavy atom. The minimum atomic E-state index is -0.431. The average molecular weight is 543 g/mol. The van der Waals surface area contributed by atoms with E-state index in [2.05, 4.69) is 46.8 Å². The fraction of sp³-hybridized carbons (Fsp3) is 0.375. The van der Waals surface area contributed by atoms with Crippen molar-refractivity contribution in [2.75, 3.05) is 33.2 Å². The van der Waals surface area contributed by atoms with Crippen molar-refractivity contribution in [1.82, 2.24) is 19.8 Å². The third kappa shape index (κ3) is 7.07. The first kappa shape index (κ1) is 29.3. The van der Waals surface area contributed by atoms with Gasteiger partial charge in [0.25, 0.3) is 0 Å². The van der Waals surface area contributed by atoms with Crippen LogP contribution in [0.1, 0.15) is 54.7 Å². The predicted octanol–water partition coefficient (Wildman–Crippen LogP) is 5.18. The van der Waals surface area contributed by atoms with E-state index in [-0.39, 0.29) is 0 Å². The molecule has 0 radical (unpaired) electrons. The summed E-state index contributed by atoms with van der Waals surface area (Å²) in [6, 6.07) is 18.0. The van der Waals surface area contributed by atoms with Gasteiger partial charge in [-0.2, -0.15) is 5.06 Å². The molecule has 8 nitrogen and oxygen atoms in total. The van der Waals surface area contributed by atoms with Crippen molar-refractivity contribution < 1.29 is 10.0 Å². The average Bonchev–Trinajstić information content (AvgIpc) is 3.26. The fourth-order valence-corrected chi connectivity index (χ4v) is 5.40. The second kappa shape index (κ2) is 13.6. The molecule has 0 fully saturated rings. The number of amidine groups is 1. The van der Waals surface area contributed by atoms with E-state index in [0.717, 1.165) is 72.7 Å². The monoisotopic (exact) mass is 542 g/mol. The quantitative estimate of drug-likeness (QED) is 0.176. The molecule has 1 aromatic heterocycles. The van der Waals surface area contributed by atoms with Gasteiger partial charge in [-0.1, -0.05) is 48.9 Å². The van der Waals surface area contributed by atoms with E-state index in [9.17, 15) is 10.0 Å². The summed E-state index contributed by atoms with van der Waals surface area (Å²) < 4.78 is 2.15. The summed E-state index contributed by atoms with van der Waals surface area (Å²) in [6.45, 7) is 10.3. The standard InChI is InChI=1S/C32H42N6O2/c1-5-11-30(38-24(3)20-28-27(31(33)39)14-9-15-29(28)38)35-32(34-21-25-12-7-6-8-13-25)26-16-19-37(22-23(26)2)18-10-17-36(4)40/h6-9,11-15,20,40H,5,10,16-19,21-22H2,1-4H3,(H2,33,39)(H,34,35)/b30-11-. The lowest BCUT2D eigenvalue weighted by atomic mass is 9.99. The first-order valence-corrected chi connectivity index (χ1v) is 14.1. The first-order chi connectivity index (χ1) is 19.3. The molecular weight excluding hydrogens is 500 g/mol. The number of hydroxylamine groups is 2. The van der Waals surface area contributed by atoms with E-state index >= 15 is 0 Å². The van der Waals surface area contributed by atoms with Gasteiger partial charge in [-0.3, -0.25) is 14.7 Å². The minimum absolute atomic E-state index is 0.431. The van der Waals surface area contributed by atoms with Crippen molar-refractivity contribution >= 4 is 28.5 Å². The van der Waals surface area contributed by atoms with Gasteiger partial charge < -0.3 is 20.8 Å². The zero-order valence-corrected chi connectivity index (χ0v) is 24.2. The van der Waals surface area contributed by atoms with Gasteiger partial charge in [0, 0.05) is 43.3 Å². The molecule has 1 aliphatic rings. The maximum absolute atomic E-state index is 12.1. The van der Waals surface area contributed by atoms with Crippen LogP contribution in [-0.4, -0.2) is 64.7 Å². The number of carbonyl (C=O) groups is 1. The zero-order chi connectivity index (χ0) is 28.6.